The molecule has 2 aliphatic rings. The van der Waals surface area contributed by atoms with Crippen molar-refractivity contribution in [2.45, 2.75) is 70.6 Å². The minimum atomic E-state index is -2.54. The summed E-state index contributed by atoms with van der Waals surface area (Å²) in [6.45, 7) is 11.5. The normalized spacial score (nSPS) is 22.7. The van der Waals surface area contributed by atoms with Crippen LogP contribution in [0.1, 0.15) is 65.2 Å². The van der Waals surface area contributed by atoms with Crippen LogP contribution in [0.2, 0.25) is 5.04 Å². The number of rotatable bonds is 7. The number of aromatic nitrogens is 4. The van der Waals surface area contributed by atoms with Gasteiger partial charge >= 0.3 is 0 Å². The second kappa shape index (κ2) is 10.1. The third-order valence-corrected chi connectivity index (χ3v) is 14.1. The first-order valence-corrected chi connectivity index (χ1v) is 16.8. The lowest BCUT2D eigenvalue weighted by Gasteiger charge is -2.45. The first-order chi connectivity index (χ1) is 18.7. The molecular formula is C32H37BrN4OSi. The van der Waals surface area contributed by atoms with Crippen LogP contribution >= 0.6 is 15.9 Å². The van der Waals surface area contributed by atoms with Crippen LogP contribution in [0, 0.1) is 11.8 Å². The molecule has 2 aromatic carbocycles. The molecule has 202 valence electrons. The highest BCUT2D eigenvalue weighted by Crippen LogP contribution is 2.64. The SMILES string of the molecule is CC(C)n1nc(-c2cncc(Br)c2)nc1C1[C@H]2CC(O[Si](c3ccccc3)(c3ccccc3)C(C)(C)C)C[C@@H]12. The molecule has 2 aliphatic carbocycles. The maximum absolute atomic E-state index is 7.47. The maximum Gasteiger partial charge on any atom is 0.261 e. The van der Waals surface area contributed by atoms with E-state index in [1.165, 1.54) is 10.4 Å². The zero-order chi connectivity index (χ0) is 27.4. The summed E-state index contributed by atoms with van der Waals surface area (Å²) in [4.78, 5) is 9.41. The Labute approximate surface area is 241 Å². The van der Waals surface area contributed by atoms with Crippen molar-refractivity contribution in [1.82, 2.24) is 19.7 Å². The van der Waals surface area contributed by atoms with Crippen molar-refractivity contribution in [3.05, 3.63) is 89.4 Å². The van der Waals surface area contributed by atoms with E-state index in [-0.39, 0.29) is 17.2 Å². The minimum Gasteiger partial charge on any atom is -0.404 e. The van der Waals surface area contributed by atoms with E-state index in [2.05, 4.69) is 121 Å². The zero-order valence-electron chi connectivity index (χ0n) is 23.4. The smallest absolute Gasteiger partial charge is 0.261 e. The molecule has 0 N–H and O–H groups in total. The van der Waals surface area contributed by atoms with E-state index < -0.39 is 8.32 Å². The van der Waals surface area contributed by atoms with Crippen LogP contribution in [0.25, 0.3) is 11.4 Å². The molecule has 4 aromatic rings. The van der Waals surface area contributed by atoms with Crippen LogP contribution in [0.5, 0.6) is 0 Å². The number of hydrogen-bond donors (Lipinski definition) is 0. The standard InChI is InChI=1S/C32H37BrN4OSi/c1-21(2)37-31(35-30(36-37)22-16-23(33)20-34-19-22)29-27-17-24(18-28(27)29)38-39(32(3,4)5,25-12-8-6-9-13-25)26-14-10-7-11-15-26/h6-16,19-21,24,27-29H,17-18H2,1-5H3/t24?,27-,28+,29?. The molecule has 2 aromatic heterocycles. The molecule has 0 radical (unpaired) electrons. The van der Waals surface area contributed by atoms with Gasteiger partial charge in [0.1, 0.15) is 5.82 Å². The van der Waals surface area contributed by atoms with Crippen molar-refractivity contribution in [2.24, 2.45) is 11.8 Å². The highest BCUT2D eigenvalue weighted by molar-refractivity contribution is 9.10. The van der Waals surface area contributed by atoms with Gasteiger partial charge in [0.2, 0.25) is 0 Å². The van der Waals surface area contributed by atoms with Gasteiger partial charge in [0.15, 0.2) is 5.82 Å². The monoisotopic (exact) mass is 600 g/mol. The van der Waals surface area contributed by atoms with Gasteiger partial charge in [0.25, 0.3) is 8.32 Å². The van der Waals surface area contributed by atoms with Crippen molar-refractivity contribution in [3.8, 4) is 11.4 Å². The average Bonchev–Trinajstić information content (AvgIpc) is 3.24. The first kappa shape index (κ1) is 26.6. The summed E-state index contributed by atoms with van der Waals surface area (Å²) in [6, 6.07) is 24.3. The molecule has 2 heterocycles. The van der Waals surface area contributed by atoms with Crippen molar-refractivity contribution in [3.63, 3.8) is 0 Å². The Hall–Kier alpha value is -2.61. The molecule has 4 atom stereocenters. The van der Waals surface area contributed by atoms with Gasteiger partial charge in [0.05, 0.1) is 0 Å². The highest BCUT2D eigenvalue weighted by atomic mass is 79.9. The summed E-state index contributed by atoms with van der Waals surface area (Å²) in [5.74, 6) is 3.54. The zero-order valence-corrected chi connectivity index (χ0v) is 26.0. The molecule has 2 fully saturated rings. The van der Waals surface area contributed by atoms with Crippen molar-refractivity contribution >= 4 is 34.6 Å². The van der Waals surface area contributed by atoms with Gasteiger partial charge in [-0.2, -0.15) is 5.10 Å². The fraction of sp³-hybridized carbons (Fsp3) is 0.406. The number of pyridine rings is 1. The second-order valence-corrected chi connectivity index (χ2v) is 17.6. The molecule has 0 amide bonds. The largest absolute Gasteiger partial charge is 0.404 e. The van der Waals surface area contributed by atoms with Crippen molar-refractivity contribution in [1.29, 1.82) is 0 Å². The number of benzene rings is 2. The number of hydrogen-bond acceptors (Lipinski definition) is 4. The van der Waals surface area contributed by atoms with E-state index in [9.17, 15) is 0 Å². The summed E-state index contributed by atoms with van der Waals surface area (Å²) < 4.78 is 10.5. The van der Waals surface area contributed by atoms with Crippen LogP contribution in [0.15, 0.2) is 83.6 Å². The predicted octanol–water partition coefficient (Wildman–Crippen LogP) is 6.75. The Balaban J connectivity index is 1.28. The lowest BCUT2D eigenvalue weighted by Crippen LogP contribution is -2.67. The van der Waals surface area contributed by atoms with Gasteiger partial charge in [-0.05, 0) is 75.9 Å². The molecule has 2 unspecified atom stereocenters. The van der Waals surface area contributed by atoms with Crippen molar-refractivity contribution < 1.29 is 4.43 Å². The molecule has 2 saturated carbocycles. The van der Waals surface area contributed by atoms with E-state index in [4.69, 9.17) is 14.5 Å². The van der Waals surface area contributed by atoms with Crippen molar-refractivity contribution in [2.75, 3.05) is 0 Å². The summed E-state index contributed by atoms with van der Waals surface area (Å²) in [6.07, 6.45) is 6.06. The van der Waals surface area contributed by atoms with Gasteiger partial charge in [0, 0.05) is 40.5 Å². The number of fused-ring (bicyclic) bond motifs is 1. The Kier molecular flexibility index (Phi) is 6.88. The summed E-state index contributed by atoms with van der Waals surface area (Å²) >= 11 is 3.54. The summed E-state index contributed by atoms with van der Waals surface area (Å²) in [7, 11) is -2.54. The molecule has 39 heavy (non-hydrogen) atoms. The fourth-order valence-corrected chi connectivity index (χ4v) is 11.9. The summed E-state index contributed by atoms with van der Waals surface area (Å²) in [5.41, 5.74) is 0.948. The van der Waals surface area contributed by atoms with E-state index in [0.717, 1.165) is 34.5 Å². The van der Waals surface area contributed by atoms with Gasteiger partial charge in [-0.15, -0.1) is 0 Å². The second-order valence-electron chi connectivity index (χ2n) is 12.5. The van der Waals surface area contributed by atoms with E-state index in [1.807, 2.05) is 12.3 Å². The van der Waals surface area contributed by atoms with E-state index in [0.29, 0.717) is 17.8 Å². The fourth-order valence-electron chi connectivity index (χ4n) is 6.81. The van der Waals surface area contributed by atoms with E-state index >= 15 is 0 Å². The molecule has 7 heteroatoms. The van der Waals surface area contributed by atoms with Crippen LogP contribution in [0.3, 0.4) is 0 Å². The Morgan fingerprint density at radius 1 is 0.923 bits per heavy atom. The lowest BCUT2D eigenvalue weighted by atomic mass is 10.1. The van der Waals surface area contributed by atoms with E-state index in [1.54, 1.807) is 6.20 Å². The Morgan fingerprint density at radius 2 is 1.51 bits per heavy atom. The third kappa shape index (κ3) is 4.72. The van der Waals surface area contributed by atoms with Gasteiger partial charge in [-0.3, -0.25) is 4.98 Å². The van der Waals surface area contributed by atoms with Crippen LogP contribution < -0.4 is 10.4 Å². The molecule has 0 spiro atoms. The van der Waals surface area contributed by atoms with Crippen LogP contribution in [0.4, 0.5) is 0 Å². The first-order valence-electron chi connectivity index (χ1n) is 14.1. The van der Waals surface area contributed by atoms with Gasteiger partial charge in [-0.1, -0.05) is 81.4 Å². The quantitative estimate of drug-likeness (QED) is 0.220. The molecular weight excluding hydrogens is 564 g/mol. The lowest BCUT2D eigenvalue weighted by molar-refractivity contribution is 0.177. The molecule has 0 bridgehead atoms. The minimum absolute atomic E-state index is 0.00734. The van der Waals surface area contributed by atoms with Crippen LogP contribution in [-0.2, 0) is 4.43 Å². The summed E-state index contributed by atoms with van der Waals surface area (Å²) in [5, 5.41) is 7.62. The van der Waals surface area contributed by atoms with Crippen LogP contribution in [-0.4, -0.2) is 34.2 Å². The molecule has 6 rings (SSSR count). The predicted molar refractivity (Wildman–Crippen MR) is 163 cm³/mol. The highest BCUT2D eigenvalue weighted by Gasteiger charge is 2.61. The molecule has 0 saturated heterocycles. The van der Waals surface area contributed by atoms with Gasteiger partial charge < -0.3 is 4.43 Å². The number of nitrogens with zero attached hydrogens (tertiary/aromatic N) is 4. The Bertz CT molecular complexity index is 1400. The maximum atomic E-state index is 7.47. The number of halogens is 1. The Morgan fingerprint density at radius 3 is 2.03 bits per heavy atom. The third-order valence-electron chi connectivity index (χ3n) is 8.57. The molecule has 5 nitrogen and oxygen atoms in total. The topological polar surface area (TPSA) is 52.8 Å². The van der Waals surface area contributed by atoms with Gasteiger partial charge in [-0.25, -0.2) is 9.67 Å². The average molecular weight is 602 g/mol. The molecule has 0 aliphatic heterocycles.